The highest BCUT2D eigenvalue weighted by atomic mass is 19.2. The Morgan fingerprint density at radius 2 is 1.38 bits per heavy atom. The summed E-state index contributed by atoms with van der Waals surface area (Å²) in [7, 11) is 0. The van der Waals surface area contributed by atoms with Crippen molar-refractivity contribution in [1.29, 1.82) is 0 Å². The van der Waals surface area contributed by atoms with E-state index < -0.39 is 17.5 Å². The number of halogens is 3. The summed E-state index contributed by atoms with van der Waals surface area (Å²) in [5, 5.41) is 0. The topological polar surface area (TPSA) is 17.1 Å². The second kappa shape index (κ2) is 7.71. The van der Waals surface area contributed by atoms with E-state index in [2.05, 4.69) is 0 Å². The molecule has 3 rings (SSSR count). The van der Waals surface area contributed by atoms with E-state index in [0.717, 1.165) is 49.7 Å². The number of benzene rings is 1. The predicted molar refractivity (Wildman–Crippen MR) is 87.1 cm³/mol. The Kier molecular flexibility index (Phi) is 5.62. The standard InChI is InChI=1S/C20H25F3O/c21-17-10-13(11-18(22)20(17)23)12-19(24)16-8-6-15(7-9-16)14-4-2-1-3-5-14/h10-11,14-16H,1-9,12H2. The zero-order valence-electron chi connectivity index (χ0n) is 14.0. The molecule has 0 radical (unpaired) electrons. The molecule has 2 fully saturated rings. The van der Waals surface area contributed by atoms with Crippen LogP contribution in [0.1, 0.15) is 63.4 Å². The summed E-state index contributed by atoms with van der Waals surface area (Å²) >= 11 is 0. The highest BCUT2D eigenvalue weighted by molar-refractivity contribution is 5.83. The Morgan fingerprint density at radius 3 is 1.96 bits per heavy atom. The number of rotatable bonds is 4. The Balaban J connectivity index is 1.53. The fourth-order valence-electron chi connectivity index (χ4n) is 4.57. The average molecular weight is 338 g/mol. The van der Waals surface area contributed by atoms with Crippen LogP contribution in [-0.4, -0.2) is 5.78 Å². The largest absolute Gasteiger partial charge is 0.299 e. The van der Waals surface area contributed by atoms with Gasteiger partial charge < -0.3 is 0 Å². The van der Waals surface area contributed by atoms with Crippen LogP contribution in [0.4, 0.5) is 13.2 Å². The lowest BCUT2D eigenvalue weighted by Crippen LogP contribution is -2.27. The van der Waals surface area contributed by atoms with E-state index in [-0.39, 0.29) is 23.7 Å². The highest BCUT2D eigenvalue weighted by Gasteiger charge is 2.31. The lowest BCUT2D eigenvalue weighted by Gasteiger charge is -2.35. The lowest BCUT2D eigenvalue weighted by atomic mass is 9.70. The molecule has 2 aliphatic rings. The molecule has 0 heterocycles. The monoisotopic (exact) mass is 338 g/mol. The predicted octanol–water partition coefficient (Wildman–Crippen LogP) is 5.60. The number of Topliss-reactive ketones (excluding diaryl/α,β-unsaturated/α-hetero) is 1. The smallest absolute Gasteiger partial charge is 0.194 e. The van der Waals surface area contributed by atoms with Gasteiger partial charge in [0.05, 0.1) is 0 Å². The van der Waals surface area contributed by atoms with E-state index in [1.165, 1.54) is 32.1 Å². The van der Waals surface area contributed by atoms with Crippen molar-refractivity contribution in [2.24, 2.45) is 17.8 Å². The first-order valence-corrected chi connectivity index (χ1v) is 9.20. The van der Waals surface area contributed by atoms with Crippen LogP contribution < -0.4 is 0 Å². The van der Waals surface area contributed by atoms with Crippen LogP contribution >= 0.6 is 0 Å². The van der Waals surface area contributed by atoms with E-state index in [4.69, 9.17) is 0 Å². The quantitative estimate of drug-likeness (QED) is 0.653. The number of hydrogen-bond donors (Lipinski definition) is 0. The molecule has 0 saturated heterocycles. The summed E-state index contributed by atoms with van der Waals surface area (Å²) in [5.74, 6) is -2.33. The molecule has 0 aliphatic heterocycles. The molecule has 0 unspecified atom stereocenters. The molecule has 0 atom stereocenters. The SMILES string of the molecule is O=C(Cc1cc(F)c(F)c(F)c1)C1CCC(C2CCCCC2)CC1. The van der Waals surface area contributed by atoms with Crippen LogP contribution in [0.25, 0.3) is 0 Å². The molecule has 0 bridgehead atoms. The molecule has 4 heteroatoms. The maximum Gasteiger partial charge on any atom is 0.194 e. The number of ketones is 1. The minimum Gasteiger partial charge on any atom is -0.299 e. The second-order valence-electron chi connectivity index (χ2n) is 7.53. The van der Waals surface area contributed by atoms with Crippen molar-refractivity contribution in [2.75, 3.05) is 0 Å². The van der Waals surface area contributed by atoms with Gasteiger partial charge in [-0.1, -0.05) is 32.1 Å². The van der Waals surface area contributed by atoms with Crippen molar-refractivity contribution in [3.8, 4) is 0 Å². The van der Waals surface area contributed by atoms with Gasteiger partial charge in [-0.2, -0.15) is 0 Å². The van der Waals surface area contributed by atoms with Gasteiger partial charge in [-0.3, -0.25) is 4.79 Å². The molecule has 1 aromatic carbocycles. The number of carbonyl (C=O) groups is 1. The van der Waals surface area contributed by atoms with Gasteiger partial charge in [0.1, 0.15) is 5.78 Å². The normalized spacial score (nSPS) is 25.6. The van der Waals surface area contributed by atoms with Crippen molar-refractivity contribution in [3.63, 3.8) is 0 Å². The zero-order chi connectivity index (χ0) is 17.1. The van der Waals surface area contributed by atoms with Crippen LogP contribution in [0.5, 0.6) is 0 Å². The van der Waals surface area contributed by atoms with Crippen LogP contribution in [-0.2, 0) is 11.2 Å². The van der Waals surface area contributed by atoms with Crippen molar-refractivity contribution >= 4 is 5.78 Å². The average Bonchev–Trinajstić information content (AvgIpc) is 2.60. The molecule has 24 heavy (non-hydrogen) atoms. The van der Waals surface area contributed by atoms with Gasteiger partial charge in [0.2, 0.25) is 0 Å². The summed E-state index contributed by atoms with van der Waals surface area (Å²) in [5.41, 5.74) is 0.228. The van der Waals surface area contributed by atoms with Crippen LogP contribution in [0.3, 0.4) is 0 Å². The van der Waals surface area contributed by atoms with Gasteiger partial charge in [-0.15, -0.1) is 0 Å². The number of hydrogen-bond acceptors (Lipinski definition) is 1. The number of carbonyl (C=O) groups excluding carboxylic acids is 1. The van der Waals surface area contributed by atoms with Crippen LogP contribution in [0, 0.1) is 35.2 Å². The first kappa shape index (κ1) is 17.5. The Bertz CT molecular complexity index is 562. The van der Waals surface area contributed by atoms with E-state index in [9.17, 15) is 18.0 Å². The molecule has 0 amide bonds. The van der Waals surface area contributed by atoms with E-state index in [1.807, 2.05) is 0 Å². The first-order chi connectivity index (χ1) is 11.5. The third-order valence-corrected chi connectivity index (χ3v) is 5.97. The zero-order valence-corrected chi connectivity index (χ0v) is 14.0. The van der Waals surface area contributed by atoms with Gasteiger partial charge in [0.15, 0.2) is 17.5 Å². The van der Waals surface area contributed by atoms with Gasteiger partial charge in [-0.05, 0) is 55.2 Å². The summed E-state index contributed by atoms with van der Waals surface area (Å²) in [6.07, 6.45) is 10.6. The molecule has 1 aromatic rings. The third kappa shape index (κ3) is 4.01. The molecule has 1 nitrogen and oxygen atoms in total. The van der Waals surface area contributed by atoms with Crippen molar-refractivity contribution in [2.45, 2.75) is 64.2 Å². The molecule has 0 spiro atoms. The van der Waals surface area contributed by atoms with Gasteiger partial charge in [0, 0.05) is 12.3 Å². The summed E-state index contributed by atoms with van der Waals surface area (Å²) in [6, 6.07) is 1.87. The minimum atomic E-state index is -1.47. The Morgan fingerprint density at radius 1 is 0.833 bits per heavy atom. The Labute approximate surface area is 141 Å². The summed E-state index contributed by atoms with van der Waals surface area (Å²) < 4.78 is 39.5. The molecule has 0 aromatic heterocycles. The fourth-order valence-corrected chi connectivity index (χ4v) is 4.57. The lowest BCUT2D eigenvalue weighted by molar-refractivity contribution is -0.123. The van der Waals surface area contributed by atoms with Crippen molar-refractivity contribution in [3.05, 3.63) is 35.1 Å². The van der Waals surface area contributed by atoms with E-state index in [1.54, 1.807) is 0 Å². The van der Waals surface area contributed by atoms with Crippen molar-refractivity contribution < 1.29 is 18.0 Å². The molecular weight excluding hydrogens is 313 g/mol. The molecule has 132 valence electrons. The molecule has 2 saturated carbocycles. The molecule has 2 aliphatic carbocycles. The van der Waals surface area contributed by atoms with Gasteiger partial charge >= 0.3 is 0 Å². The van der Waals surface area contributed by atoms with Gasteiger partial charge in [-0.25, -0.2) is 13.2 Å². The van der Waals surface area contributed by atoms with E-state index in [0.29, 0.717) is 0 Å². The van der Waals surface area contributed by atoms with Crippen LogP contribution in [0.15, 0.2) is 12.1 Å². The second-order valence-corrected chi connectivity index (χ2v) is 7.53. The maximum atomic E-state index is 13.3. The summed E-state index contributed by atoms with van der Waals surface area (Å²) in [4.78, 5) is 12.4. The maximum absolute atomic E-state index is 13.3. The first-order valence-electron chi connectivity index (χ1n) is 9.20. The van der Waals surface area contributed by atoms with Crippen molar-refractivity contribution in [1.82, 2.24) is 0 Å². The van der Waals surface area contributed by atoms with Crippen LogP contribution in [0.2, 0.25) is 0 Å². The third-order valence-electron chi connectivity index (χ3n) is 5.97. The molecule has 0 N–H and O–H groups in total. The van der Waals surface area contributed by atoms with Gasteiger partial charge in [0.25, 0.3) is 0 Å². The highest BCUT2D eigenvalue weighted by Crippen LogP contribution is 2.40. The molecular formula is C20H25F3O. The fraction of sp³-hybridized carbons (Fsp3) is 0.650. The van der Waals surface area contributed by atoms with E-state index >= 15 is 0 Å². The Hall–Kier alpha value is -1.32. The summed E-state index contributed by atoms with van der Waals surface area (Å²) in [6.45, 7) is 0. The minimum absolute atomic E-state index is 0.00706.